The maximum absolute atomic E-state index is 12.4. The number of esters is 1. The number of hydrogen-bond acceptors (Lipinski definition) is 6. The summed E-state index contributed by atoms with van der Waals surface area (Å²) in [4.78, 5) is 41.0. The topological polar surface area (TPSA) is 82.1 Å². The third-order valence-electron chi connectivity index (χ3n) is 3.19. The third kappa shape index (κ3) is 7.74. The van der Waals surface area contributed by atoms with Crippen molar-refractivity contribution in [3.05, 3.63) is 35.9 Å². The fourth-order valence-corrected chi connectivity index (χ4v) is 2.06. The number of hydrogen-bond donors (Lipinski definition) is 0. The van der Waals surface area contributed by atoms with Crippen LogP contribution in [0, 0.1) is 5.92 Å². The fraction of sp³-hybridized carbons (Fsp3) is 0.500. The summed E-state index contributed by atoms with van der Waals surface area (Å²) in [5.74, 6) is -1.71. The van der Waals surface area contributed by atoms with E-state index < -0.39 is 24.1 Å². The highest BCUT2D eigenvalue weighted by Gasteiger charge is 2.37. The normalized spacial score (nSPS) is 11.1. The molecule has 0 heterocycles. The molecule has 0 saturated heterocycles. The highest BCUT2D eigenvalue weighted by molar-refractivity contribution is 5.85. The van der Waals surface area contributed by atoms with Crippen molar-refractivity contribution in [1.29, 1.82) is 0 Å². The Balaban J connectivity index is 0.00000625. The SMILES string of the molecule is CCCOC(=O)[C@H](C(C)C)N(OC(C)=O)C(=O)OCc1ccccc1.Cl. The molecule has 0 aliphatic heterocycles. The largest absolute Gasteiger partial charge is 0.464 e. The second-order valence-electron chi connectivity index (χ2n) is 5.81. The fourth-order valence-electron chi connectivity index (χ4n) is 2.06. The summed E-state index contributed by atoms with van der Waals surface area (Å²) in [7, 11) is 0. The highest BCUT2D eigenvalue weighted by Crippen LogP contribution is 2.16. The Bertz CT molecular complexity index is 578. The second-order valence-corrected chi connectivity index (χ2v) is 5.81. The number of rotatable bonds is 7. The van der Waals surface area contributed by atoms with Crippen molar-refractivity contribution in [3.63, 3.8) is 0 Å². The minimum absolute atomic E-state index is 0. The lowest BCUT2D eigenvalue weighted by atomic mass is 10.0. The molecule has 146 valence electrons. The Hall–Kier alpha value is -2.28. The number of benzene rings is 1. The molecule has 0 aliphatic carbocycles. The first kappa shape index (κ1) is 23.7. The maximum Gasteiger partial charge on any atom is 0.444 e. The molecule has 1 atom stereocenters. The molecule has 1 aromatic rings. The molecule has 0 fully saturated rings. The zero-order valence-electron chi connectivity index (χ0n) is 15.5. The summed E-state index contributed by atoms with van der Waals surface area (Å²) in [6, 6.07) is 7.96. The Kier molecular flexibility index (Phi) is 11.1. The molecule has 1 rings (SSSR count). The van der Waals surface area contributed by atoms with Gasteiger partial charge in [-0.2, -0.15) is 0 Å². The Labute approximate surface area is 160 Å². The minimum Gasteiger partial charge on any atom is -0.464 e. The van der Waals surface area contributed by atoms with E-state index in [4.69, 9.17) is 14.3 Å². The number of amides is 1. The van der Waals surface area contributed by atoms with Gasteiger partial charge in [0.1, 0.15) is 6.61 Å². The molecule has 0 aliphatic rings. The molecule has 0 bridgehead atoms. The number of carbonyl (C=O) groups is 3. The monoisotopic (exact) mass is 387 g/mol. The summed E-state index contributed by atoms with van der Waals surface area (Å²) in [6.07, 6.45) is -0.283. The molecular weight excluding hydrogens is 362 g/mol. The number of hydroxylamine groups is 2. The zero-order chi connectivity index (χ0) is 18.8. The van der Waals surface area contributed by atoms with Crippen LogP contribution in [0.2, 0.25) is 0 Å². The van der Waals surface area contributed by atoms with Crippen molar-refractivity contribution in [2.75, 3.05) is 6.61 Å². The molecule has 0 spiro atoms. The van der Waals surface area contributed by atoms with Gasteiger partial charge in [-0.05, 0) is 17.9 Å². The number of carbonyl (C=O) groups excluding carboxylic acids is 3. The van der Waals surface area contributed by atoms with Gasteiger partial charge in [0.2, 0.25) is 0 Å². The number of halogens is 1. The quantitative estimate of drug-likeness (QED) is 0.526. The van der Waals surface area contributed by atoms with E-state index in [0.29, 0.717) is 11.5 Å². The van der Waals surface area contributed by atoms with E-state index in [0.717, 1.165) is 12.5 Å². The minimum atomic E-state index is -1.08. The Morgan fingerprint density at radius 1 is 1.08 bits per heavy atom. The first-order chi connectivity index (χ1) is 11.9. The van der Waals surface area contributed by atoms with Crippen LogP contribution in [-0.2, 0) is 30.5 Å². The summed E-state index contributed by atoms with van der Waals surface area (Å²) in [5.41, 5.74) is 0.772. The lowest BCUT2D eigenvalue weighted by Gasteiger charge is -2.29. The molecule has 0 N–H and O–H groups in total. The van der Waals surface area contributed by atoms with Crippen molar-refractivity contribution in [2.45, 2.75) is 46.8 Å². The van der Waals surface area contributed by atoms with E-state index in [2.05, 4.69) is 0 Å². The summed E-state index contributed by atoms with van der Waals surface area (Å²) >= 11 is 0. The van der Waals surface area contributed by atoms with Gasteiger partial charge in [-0.1, -0.05) is 51.1 Å². The number of nitrogens with zero attached hydrogens (tertiary/aromatic N) is 1. The van der Waals surface area contributed by atoms with Gasteiger partial charge in [-0.3, -0.25) is 4.79 Å². The summed E-state index contributed by atoms with van der Waals surface area (Å²) in [6.45, 7) is 6.65. The van der Waals surface area contributed by atoms with E-state index in [1.807, 2.05) is 25.1 Å². The molecule has 1 amide bonds. The Morgan fingerprint density at radius 3 is 2.19 bits per heavy atom. The van der Waals surface area contributed by atoms with E-state index >= 15 is 0 Å². The summed E-state index contributed by atoms with van der Waals surface area (Å²) < 4.78 is 10.3. The van der Waals surface area contributed by atoms with Crippen molar-refractivity contribution in [3.8, 4) is 0 Å². The smallest absolute Gasteiger partial charge is 0.444 e. The van der Waals surface area contributed by atoms with Gasteiger partial charge in [-0.25, -0.2) is 9.59 Å². The van der Waals surface area contributed by atoms with Crippen LogP contribution in [0.25, 0.3) is 0 Å². The highest BCUT2D eigenvalue weighted by atomic mass is 35.5. The van der Waals surface area contributed by atoms with E-state index in [-0.39, 0.29) is 31.5 Å². The molecule has 0 saturated carbocycles. The lowest BCUT2D eigenvalue weighted by molar-refractivity contribution is -0.199. The van der Waals surface area contributed by atoms with Crippen LogP contribution >= 0.6 is 12.4 Å². The van der Waals surface area contributed by atoms with Crippen molar-refractivity contribution >= 4 is 30.4 Å². The molecule has 0 radical (unpaired) electrons. The average molecular weight is 388 g/mol. The van der Waals surface area contributed by atoms with Gasteiger partial charge in [0.25, 0.3) is 0 Å². The van der Waals surface area contributed by atoms with Gasteiger partial charge in [0.15, 0.2) is 6.04 Å². The van der Waals surface area contributed by atoms with Gasteiger partial charge in [0.05, 0.1) is 6.61 Å². The van der Waals surface area contributed by atoms with E-state index in [1.165, 1.54) is 0 Å². The van der Waals surface area contributed by atoms with Crippen molar-refractivity contribution < 1.29 is 28.7 Å². The van der Waals surface area contributed by atoms with Crippen LogP contribution in [0.5, 0.6) is 0 Å². The molecule has 8 heteroatoms. The molecule has 0 aromatic heterocycles. The van der Waals surface area contributed by atoms with Crippen LogP contribution in [0.3, 0.4) is 0 Å². The lowest BCUT2D eigenvalue weighted by Crippen LogP contribution is -2.49. The van der Waals surface area contributed by atoms with Crippen molar-refractivity contribution in [1.82, 2.24) is 5.06 Å². The Morgan fingerprint density at radius 2 is 1.69 bits per heavy atom. The predicted octanol–water partition coefficient (Wildman–Crippen LogP) is 3.50. The third-order valence-corrected chi connectivity index (χ3v) is 3.19. The van der Waals surface area contributed by atoms with E-state index in [9.17, 15) is 14.4 Å². The van der Waals surface area contributed by atoms with Crippen LogP contribution in [0.15, 0.2) is 30.3 Å². The first-order valence-corrected chi connectivity index (χ1v) is 8.21. The predicted molar refractivity (Wildman–Crippen MR) is 97.4 cm³/mol. The van der Waals surface area contributed by atoms with E-state index in [1.54, 1.807) is 26.0 Å². The molecule has 26 heavy (non-hydrogen) atoms. The second kappa shape index (κ2) is 12.1. The van der Waals surface area contributed by atoms with Crippen LogP contribution in [-0.4, -0.2) is 35.7 Å². The maximum atomic E-state index is 12.4. The van der Waals surface area contributed by atoms with Gasteiger partial charge >= 0.3 is 18.0 Å². The average Bonchev–Trinajstić information content (AvgIpc) is 2.57. The number of ether oxygens (including phenoxy) is 2. The van der Waals surface area contributed by atoms with Crippen LogP contribution in [0.4, 0.5) is 4.79 Å². The summed E-state index contributed by atoms with van der Waals surface area (Å²) in [5, 5.41) is 0.661. The molecule has 7 nitrogen and oxygen atoms in total. The van der Waals surface area contributed by atoms with Crippen molar-refractivity contribution in [2.24, 2.45) is 5.92 Å². The van der Waals surface area contributed by atoms with Gasteiger partial charge in [-0.15, -0.1) is 17.5 Å². The first-order valence-electron chi connectivity index (χ1n) is 8.21. The van der Waals surface area contributed by atoms with Crippen LogP contribution in [0.1, 0.15) is 39.7 Å². The molecular formula is C18H26ClNO6. The van der Waals surface area contributed by atoms with Crippen LogP contribution < -0.4 is 0 Å². The molecule has 0 unspecified atom stereocenters. The standard InChI is InChI=1S/C18H25NO6.ClH/c1-5-11-23-17(21)16(13(2)3)19(25-14(4)20)18(22)24-12-15-9-7-6-8-10-15;/h6-10,13,16H,5,11-12H2,1-4H3;1H/t16-;/m0./s1. The van der Waals surface area contributed by atoms with Gasteiger partial charge in [0, 0.05) is 6.92 Å². The zero-order valence-corrected chi connectivity index (χ0v) is 16.3. The molecule has 1 aromatic carbocycles. The van der Waals surface area contributed by atoms with Gasteiger partial charge < -0.3 is 14.3 Å².